The molecule has 0 aromatic rings. The van der Waals surface area contributed by atoms with Gasteiger partial charge in [0.25, 0.3) is 0 Å². The van der Waals surface area contributed by atoms with Crippen LogP contribution in [0.25, 0.3) is 0 Å². The van der Waals surface area contributed by atoms with Gasteiger partial charge in [-0.25, -0.2) is 4.79 Å². The summed E-state index contributed by atoms with van der Waals surface area (Å²) in [7, 11) is 0. The van der Waals surface area contributed by atoms with Gasteiger partial charge >= 0.3 is 12.1 Å². The highest BCUT2D eigenvalue weighted by Crippen LogP contribution is 2.41. The van der Waals surface area contributed by atoms with Gasteiger partial charge in [-0.15, -0.1) is 0 Å². The van der Waals surface area contributed by atoms with Gasteiger partial charge in [0.05, 0.1) is 18.8 Å². The molecule has 23 heavy (non-hydrogen) atoms. The van der Waals surface area contributed by atoms with Crippen molar-refractivity contribution in [3.63, 3.8) is 0 Å². The summed E-state index contributed by atoms with van der Waals surface area (Å²) in [4.78, 5) is 11.4. The van der Waals surface area contributed by atoms with Crippen LogP contribution in [-0.2, 0) is 14.3 Å². The van der Waals surface area contributed by atoms with Crippen molar-refractivity contribution in [1.29, 1.82) is 0 Å². The quantitative estimate of drug-likeness (QED) is 0.571. The second kappa shape index (κ2) is 7.21. The monoisotopic (exact) mass is 338 g/mol. The summed E-state index contributed by atoms with van der Waals surface area (Å²) < 4.78 is 48.7. The fourth-order valence-electron chi connectivity index (χ4n) is 2.59. The van der Waals surface area contributed by atoms with Gasteiger partial charge in [0.15, 0.2) is 5.60 Å². The van der Waals surface area contributed by atoms with Crippen LogP contribution < -0.4 is 0 Å². The van der Waals surface area contributed by atoms with Gasteiger partial charge in [-0.1, -0.05) is 13.5 Å². The Morgan fingerprint density at radius 3 is 2.52 bits per heavy atom. The lowest BCUT2D eigenvalue weighted by Gasteiger charge is -2.34. The average molecular weight is 338 g/mol. The molecule has 0 radical (unpaired) electrons. The van der Waals surface area contributed by atoms with Gasteiger partial charge in [-0.2, -0.15) is 13.2 Å². The van der Waals surface area contributed by atoms with E-state index in [1.54, 1.807) is 6.92 Å². The van der Waals surface area contributed by atoms with Crippen LogP contribution in [-0.4, -0.2) is 41.7 Å². The van der Waals surface area contributed by atoms with Gasteiger partial charge in [0.2, 0.25) is 0 Å². The number of hydrogen-bond acceptors (Lipinski definition) is 4. The van der Waals surface area contributed by atoms with Crippen molar-refractivity contribution in [2.75, 3.05) is 13.2 Å². The Hall–Kier alpha value is -1.08. The van der Waals surface area contributed by atoms with Crippen LogP contribution in [0, 0.1) is 5.92 Å². The molecule has 0 aliphatic heterocycles. The SMILES string of the molecule is C=C(C)C(=O)OCC1CCC(CC)(OCC(C)(O)C(F)(F)F)C1. The fraction of sp³-hybridized carbons (Fsp3) is 0.812. The predicted molar refractivity (Wildman–Crippen MR) is 78.8 cm³/mol. The predicted octanol–water partition coefficient (Wildman–Crippen LogP) is 3.38. The number of rotatable bonds is 7. The minimum Gasteiger partial charge on any atom is -0.462 e. The van der Waals surface area contributed by atoms with E-state index in [0.717, 1.165) is 0 Å². The minimum atomic E-state index is -4.74. The molecule has 0 bridgehead atoms. The summed E-state index contributed by atoms with van der Waals surface area (Å²) in [6.45, 7) is 6.98. The lowest BCUT2D eigenvalue weighted by Crippen LogP contribution is -2.48. The number of carbonyl (C=O) groups excluding carboxylic acids is 1. The van der Waals surface area contributed by atoms with Gasteiger partial charge in [-0.3, -0.25) is 0 Å². The maximum atomic E-state index is 12.7. The highest BCUT2D eigenvalue weighted by molar-refractivity contribution is 5.86. The van der Waals surface area contributed by atoms with Crippen molar-refractivity contribution in [3.8, 4) is 0 Å². The van der Waals surface area contributed by atoms with Gasteiger partial charge in [0.1, 0.15) is 0 Å². The van der Waals surface area contributed by atoms with Crippen molar-refractivity contribution in [2.45, 2.75) is 63.8 Å². The van der Waals surface area contributed by atoms with Gasteiger partial charge in [0, 0.05) is 5.57 Å². The van der Waals surface area contributed by atoms with Crippen molar-refractivity contribution >= 4 is 5.97 Å². The summed E-state index contributed by atoms with van der Waals surface area (Å²) >= 11 is 0. The van der Waals surface area contributed by atoms with Crippen LogP contribution in [0.15, 0.2) is 12.2 Å². The standard InChI is InChI=1S/C16H25F3O4/c1-5-15(23-10-14(4,21)16(17,18)19)7-6-12(8-15)9-22-13(20)11(2)3/h12,21H,2,5-10H2,1,3-4H3. The highest BCUT2D eigenvalue weighted by Gasteiger charge is 2.52. The van der Waals surface area contributed by atoms with Gasteiger partial charge in [-0.05, 0) is 45.4 Å². The molecule has 0 spiro atoms. The minimum absolute atomic E-state index is 0.0362. The lowest BCUT2D eigenvalue weighted by molar-refractivity contribution is -0.277. The van der Waals surface area contributed by atoms with Crippen molar-refractivity contribution < 1.29 is 32.5 Å². The summed E-state index contributed by atoms with van der Waals surface area (Å²) in [5, 5.41) is 9.50. The van der Waals surface area contributed by atoms with E-state index < -0.39 is 30.0 Å². The molecule has 134 valence electrons. The Kier molecular flexibility index (Phi) is 6.26. The van der Waals surface area contributed by atoms with Crippen LogP contribution in [0.2, 0.25) is 0 Å². The number of halogens is 3. The van der Waals surface area contributed by atoms with E-state index >= 15 is 0 Å². The number of alkyl halides is 3. The highest BCUT2D eigenvalue weighted by atomic mass is 19.4. The molecule has 1 saturated carbocycles. The van der Waals surface area contributed by atoms with E-state index in [1.807, 2.05) is 6.92 Å². The molecular weight excluding hydrogens is 313 g/mol. The summed E-state index contributed by atoms with van der Waals surface area (Å²) in [5.74, 6) is -0.436. The molecule has 1 rings (SSSR count). The van der Waals surface area contributed by atoms with Crippen LogP contribution in [0.1, 0.15) is 46.5 Å². The maximum Gasteiger partial charge on any atom is 0.419 e. The average Bonchev–Trinajstić information content (AvgIpc) is 2.85. The third-order valence-electron chi connectivity index (χ3n) is 4.38. The molecule has 1 N–H and O–H groups in total. The van der Waals surface area contributed by atoms with E-state index in [2.05, 4.69) is 6.58 Å². The first-order valence-corrected chi connectivity index (χ1v) is 7.68. The zero-order valence-corrected chi connectivity index (χ0v) is 13.8. The Bertz CT molecular complexity index is 445. The zero-order chi connectivity index (χ0) is 17.9. The number of hydrogen-bond donors (Lipinski definition) is 1. The molecule has 3 atom stereocenters. The fourth-order valence-corrected chi connectivity index (χ4v) is 2.59. The summed E-state index contributed by atoms with van der Waals surface area (Å²) in [5.41, 5.74) is -3.28. The Morgan fingerprint density at radius 1 is 1.43 bits per heavy atom. The van der Waals surface area contributed by atoms with Crippen LogP contribution in [0.5, 0.6) is 0 Å². The molecule has 3 unspecified atom stereocenters. The molecule has 1 fully saturated rings. The Balaban J connectivity index is 2.57. The number of aliphatic hydroxyl groups is 1. The topological polar surface area (TPSA) is 55.8 Å². The summed E-state index contributed by atoms with van der Waals surface area (Å²) in [6, 6.07) is 0. The second-order valence-electron chi connectivity index (χ2n) is 6.58. The second-order valence-corrected chi connectivity index (χ2v) is 6.58. The molecule has 0 aromatic carbocycles. The van der Waals surface area contributed by atoms with Crippen molar-refractivity contribution in [2.24, 2.45) is 5.92 Å². The summed E-state index contributed by atoms with van der Waals surface area (Å²) in [6.07, 6.45) is -2.43. The first-order chi connectivity index (χ1) is 10.4. The van der Waals surface area contributed by atoms with E-state index in [9.17, 15) is 23.1 Å². The molecule has 0 aromatic heterocycles. The number of esters is 1. The number of ether oxygens (including phenoxy) is 2. The molecule has 4 nitrogen and oxygen atoms in total. The smallest absolute Gasteiger partial charge is 0.419 e. The zero-order valence-electron chi connectivity index (χ0n) is 13.8. The molecule has 7 heteroatoms. The van der Waals surface area contributed by atoms with E-state index in [0.29, 0.717) is 38.2 Å². The van der Waals surface area contributed by atoms with E-state index in [-0.39, 0.29) is 12.5 Å². The molecule has 1 aliphatic carbocycles. The molecule has 0 amide bonds. The molecule has 0 heterocycles. The van der Waals surface area contributed by atoms with Crippen LogP contribution >= 0.6 is 0 Å². The Labute approximate surface area is 134 Å². The van der Waals surface area contributed by atoms with E-state index in [1.165, 1.54) is 0 Å². The lowest BCUT2D eigenvalue weighted by atomic mass is 9.96. The first kappa shape index (κ1) is 20.0. The molecule has 1 aliphatic rings. The van der Waals surface area contributed by atoms with Crippen molar-refractivity contribution in [3.05, 3.63) is 12.2 Å². The van der Waals surface area contributed by atoms with Crippen molar-refractivity contribution in [1.82, 2.24) is 0 Å². The largest absolute Gasteiger partial charge is 0.462 e. The third-order valence-corrected chi connectivity index (χ3v) is 4.38. The van der Waals surface area contributed by atoms with Crippen LogP contribution in [0.3, 0.4) is 0 Å². The third kappa shape index (κ3) is 5.21. The first-order valence-electron chi connectivity index (χ1n) is 7.68. The molecule has 0 saturated heterocycles. The van der Waals surface area contributed by atoms with Gasteiger partial charge < -0.3 is 14.6 Å². The number of carbonyl (C=O) groups is 1. The Morgan fingerprint density at radius 2 is 2.04 bits per heavy atom. The normalized spacial score (nSPS) is 27.5. The van der Waals surface area contributed by atoms with E-state index in [4.69, 9.17) is 9.47 Å². The van der Waals surface area contributed by atoms with Crippen LogP contribution in [0.4, 0.5) is 13.2 Å². The maximum absolute atomic E-state index is 12.7. The molecular formula is C16H25F3O4.